The molecular formula is C21H29N6O2+. The van der Waals surface area contributed by atoms with Crippen LogP contribution in [0.3, 0.4) is 0 Å². The fraction of sp³-hybridized carbons (Fsp3) is 0.524. The molecule has 0 aliphatic carbocycles. The topological polar surface area (TPSA) is 90.1 Å². The zero-order chi connectivity index (χ0) is 20.6. The maximum Gasteiger partial charge on any atom is 0.258 e. The Balaban J connectivity index is 1.91. The summed E-state index contributed by atoms with van der Waals surface area (Å²) in [5.74, 6) is 1.51. The Morgan fingerprint density at radius 3 is 2.72 bits per heavy atom. The number of aromatic amines is 1. The number of methoxy groups -OCH3 is 1. The number of fused-ring (bicyclic) bond motifs is 1. The van der Waals surface area contributed by atoms with Crippen LogP contribution in [0.2, 0.25) is 0 Å². The molecule has 0 spiro atoms. The van der Waals surface area contributed by atoms with Crippen molar-refractivity contribution in [1.29, 1.82) is 0 Å². The van der Waals surface area contributed by atoms with Gasteiger partial charge in [0.25, 0.3) is 5.56 Å². The molecule has 2 aromatic heterocycles. The normalized spacial score (nSPS) is 16.4. The molecule has 0 amide bonds. The molecule has 8 nitrogen and oxygen atoms in total. The maximum atomic E-state index is 13.1. The highest BCUT2D eigenvalue weighted by Crippen LogP contribution is 2.26. The molecule has 2 N–H and O–H groups in total. The summed E-state index contributed by atoms with van der Waals surface area (Å²) in [6.45, 7) is 8.37. The molecule has 154 valence electrons. The number of ether oxygens (including phenoxy) is 1. The summed E-state index contributed by atoms with van der Waals surface area (Å²) in [4.78, 5) is 17.5. The van der Waals surface area contributed by atoms with Gasteiger partial charge < -0.3 is 14.6 Å². The van der Waals surface area contributed by atoms with E-state index in [1.165, 1.54) is 4.90 Å². The predicted octanol–water partition coefficient (Wildman–Crippen LogP) is 1.44. The summed E-state index contributed by atoms with van der Waals surface area (Å²) < 4.78 is 7.27. The van der Waals surface area contributed by atoms with Crippen LogP contribution in [0.5, 0.6) is 5.75 Å². The minimum Gasteiger partial charge on any atom is -0.497 e. The first-order valence-electron chi connectivity index (χ1n) is 10.3. The number of quaternary nitrogens is 1. The Hall–Kier alpha value is -2.74. The second kappa shape index (κ2) is 7.59. The predicted molar refractivity (Wildman–Crippen MR) is 110 cm³/mol. The molecule has 4 rings (SSSR count). The lowest BCUT2D eigenvalue weighted by Gasteiger charge is -2.29. The van der Waals surface area contributed by atoms with E-state index < -0.39 is 0 Å². The van der Waals surface area contributed by atoms with Gasteiger partial charge in [-0.05, 0) is 55.0 Å². The highest BCUT2D eigenvalue weighted by atomic mass is 16.5. The second-order valence-electron chi connectivity index (χ2n) is 8.42. The quantitative estimate of drug-likeness (QED) is 0.657. The van der Waals surface area contributed by atoms with Crippen molar-refractivity contribution in [2.24, 2.45) is 0 Å². The Morgan fingerprint density at radius 1 is 1.28 bits per heavy atom. The number of aromatic nitrogens is 5. The van der Waals surface area contributed by atoms with Gasteiger partial charge in [0.05, 0.1) is 31.3 Å². The summed E-state index contributed by atoms with van der Waals surface area (Å²) in [5, 5.41) is 13.6. The van der Waals surface area contributed by atoms with Gasteiger partial charge in [-0.3, -0.25) is 4.79 Å². The van der Waals surface area contributed by atoms with Crippen LogP contribution in [-0.2, 0) is 5.54 Å². The molecular weight excluding hydrogens is 368 g/mol. The van der Waals surface area contributed by atoms with Crippen LogP contribution >= 0.6 is 0 Å². The minimum atomic E-state index is -0.233. The smallest absolute Gasteiger partial charge is 0.258 e. The number of likely N-dealkylation sites (tertiary alicyclic amines) is 1. The van der Waals surface area contributed by atoms with Crippen molar-refractivity contribution in [2.75, 3.05) is 20.2 Å². The lowest BCUT2D eigenvalue weighted by Crippen LogP contribution is -3.10. The number of rotatable bonds is 6. The average molecular weight is 398 g/mol. The Bertz CT molecular complexity index is 1060. The van der Waals surface area contributed by atoms with E-state index in [0.717, 1.165) is 54.8 Å². The molecule has 1 aliphatic heterocycles. The molecule has 1 atom stereocenters. The van der Waals surface area contributed by atoms with E-state index >= 15 is 0 Å². The Kier molecular flexibility index (Phi) is 5.12. The molecule has 8 heteroatoms. The fourth-order valence-electron chi connectivity index (χ4n) is 4.16. The average Bonchev–Trinajstić information content (AvgIpc) is 3.41. The second-order valence-corrected chi connectivity index (χ2v) is 8.42. The Morgan fingerprint density at radius 2 is 2.03 bits per heavy atom. The first kappa shape index (κ1) is 19.6. The van der Waals surface area contributed by atoms with E-state index in [1.807, 2.05) is 28.9 Å². The summed E-state index contributed by atoms with van der Waals surface area (Å²) in [7, 11) is 1.64. The van der Waals surface area contributed by atoms with Crippen molar-refractivity contribution in [1.82, 2.24) is 25.2 Å². The number of benzene rings is 1. The highest BCUT2D eigenvalue weighted by molar-refractivity contribution is 5.80. The molecule has 0 bridgehead atoms. The van der Waals surface area contributed by atoms with E-state index in [2.05, 4.69) is 41.3 Å². The van der Waals surface area contributed by atoms with E-state index in [-0.39, 0.29) is 17.1 Å². The summed E-state index contributed by atoms with van der Waals surface area (Å²) in [6, 6.07) is 7.44. The van der Waals surface area contributed by atoms with Crippen molar-refractivity contribution >= 4 is 10.9 Å². The van der Waals surface area contributed by atoms with Gasteiger partial charge >= 0.3 is 0 Å². The van der Waals surface area contributed by atoms with Crippen LogP contribution in [0.25, 0.3) is 10.9 Å². The maximum absolute atomic E-state index is 13.1. The minimum absolute atomic E-state index is 0.0871. The Labute approximate surface area is 169 Å². The number of pyridine rings is 1. The van der Waals surface area contributed by atoms with Crippen LogP contribution in [0, 0.1) is 0 Å². The standard InChI is InChI=1S/C21H28N6O2/c1-5-21(2,3)27-19(23-24-25-27)18(26-10-6-7-11-26)16-13-14-12-15(29-4)8-9-17(14)22-20(16)28/h8-9,12-13,18H,5-7,10-11H2,1-4H3,(H,22,28)/p+1/t18-/m0/s1. The lowest BCUT2D eigenvalue weighted by molar-refractivity contribution is -0.914. The zero-order valence-electron chi connectivity index (χ0n) is 17.5. The molecule has 0 unspecified atom stereocenters. The van der Waals surface area contributed by atoms with Crippen molar-refractivity contribution in [2.45, 2.75) is 51.6 Å². The van der Waals surface area contributed by atoms with Crippen molar-refractivity contribution in [3.8, 4) is 5.75 Å². The van der Waals surface area contributed by atoms with E-state index in [0.29, 0.717) is 5.56 Å². The molecule has 3 heterocycles. The lowest BCUT2D eigenvalue weighted by atomic mass is 9.99. The number of H-pyrrole nitrogens is 1. The first-order valence-corrected chi connectivity index (χ1v) is 10.3. The largest absolute Gasteiger partial charge is 0.497 e. The summed E-state index contributed by atoms with van der Waals surface area (Å²) in [6.07, 6.45) is 3.17. The van der Waals surface area contributed by atoms with Crippen LogP contribution in [0.1, 0.15) is 57.5 Å². The van der Waals surface area contributed by atoms with E-state index in [4.69, 9.17) is 4.74 Å². The van der Waals surface area contributed by atoms with Gasteiger partial charge in [-0.25, -0.2) is 4.68 Å². The fourth-order valence-corrected chi connectivity index (χ4v) is 4.16. The van der Waals surface area contributed by atoms with Gasteiger partial charge in [-0.2, -0.15) is 0 Å². The van der Waals surface area contributed by atoms with Gasteiger partial charge in [0.1, 0.15) is 5.75 Å². The molecule has 3 aromatic rings. The van der Waals surface area contributed by atoms with Crippen LogP contribution in [-0.4, -0.2) is 45.4 Å². The van der Waals surface area contributed by atoms with Crippen LogP contribution < -0.4 is 15.2 Å². The summed E-state index contributed by atoms with van der Waals surface area (Å²) >= 11 is 0. The van der Waals surface area contributed by atoms with E-state index in [9.17, 15) is 4.79 Å². The monoisotopic (exact) mass is 397 g/mol. The SMILES string of the molecule is CCC(C)(C)n1nnnc1[C@H](c1cc2cc(OC)ccc2[nH]c1=O)[NH+]1CCCC1. The van der Waals surface area contributed by atoms with Crippen LogP contribution in [0.15, 0.2) is 29.1 Å². The molecule has 29 heavy (non-hydrogen) atoms. The van der Waals surface area contributed by atoms with Gasteiger partial charge in [0, 0.05) is 23.7 Å². The first-order chi connectivity index (χ1) is 13.9. The van der Waals surface area contributed by atoms with Gasteiger partial charge in [-0.1, -0.05) is 6.92 Å². The molecule has 0 radical (unpaired) electrons. The van der Waals surface area contributed by atoms with Gasteiger partial charge in [0.15, 0.2) is 6.04 Å². The highest BCUT2D eigenvalue weighted by Gasteiger charge is 2.38. The molecule has 1 aromatic carbocycles. The third kappa shape index (κ3) is 3.53. The third-order valence-electron chi connectivity index (χ3n) is 6.24. The molecule has 0 saturated carbocycles. The van der Waals surface area contributed by atoms with E-state index in [1.54, 1.807) is 7.11 Å². The van der Waals surface area contributed by atoms with Crippen molar-refractivity contribution in [3.05, 3.63) is 46.0 Å². The van der Waals surface area contributed by atoms with Crippen molar-refractivity contribution < 1.29 is 9.64 Å². The number of hydrogen-bond acceptors (Lipinski definition) is 5. The number of hydrogen-bond donors (Lipinski definition) is 2. The molecule has 1 aliphatic rings. The number of tetrazole rings is 1. The zero-order valence-corrected chi connectivity index (χ0v) is 17.5. The third-order valence-corrected chi connectivity index (χ3v) is 6.24. The van der Waals surface area contributed by atoms with Crippen LogP contribution in [0.4, 0.5) is 0 Å². The van der Waals surface area contributed by atoms with Crippen molar-refractivity contribution in [3.63, 3.8) is 0 Å². The van der Waals surface area contributed by atoms with Gasteiger partial charge in [0.2, 0.25) is 5.82 Å². The number of nitrogens with zero attached hydrogens (tertiary/aromatic N) is 4. The molecule has 1 fully saturated rings. The summed E-state index contributed by atoms with van der Waals surface area (Å²) in [5.41, 5.74) is 1.17. The van der Waals surface area contributed by atoms with Gasteiger partial charge in [-0.15, -0.1) is 5.10 Å². The molecule has 1 saturated heterocycles. The number of nitrogens with one attached hydrogen (secondary N) is 2.